The van der Waals surface area contributed by atoms with Crippen LogP contribution in [0.2, 0.25) is 0 Å². The van der Waals surface area contributed by atoms with Crippen LogP contribution in [0.4, 0.5) is 0 Å². The molecule has 0 radical (unpaired) electrons. The van der Waals surface area contributed by atoms with Crippen LogP contribution in [0.25, 0.3) is 0 Å². The summed E-state index contributed by atoms with van der Waals surface area (Å²) in [7, 11) is -3.58. The van der Waals surface area contributed by atoms with Gasteiger partial charge in [0.2, 0.25) is 10.0 Å². The average molecular weight is 446 g/mol. The number of nitrogens with zero attached hydrogens (tertiary/aromatic N) is 1. The van der Waals surface area contributed by atoms with Gasteiger partial charge in [-0.3, -0.25) is 20.4 Å². The molecule has 9 heteroatoms. The highest BCUT2D eigenvalue weighted by Gasteiger charge is 2.25. The zero-order valence-electron chi connectivity index (χ0n) is 17.5. The Hall–Kier alpha value is -2.91. The summed E-state index contributed by atoms with van der Waals surface area (Å²) in [6.07, 6.45) is 3.78. The molecule has 166 valence electrons. The van der Waals surface area contributed by atoms with Gasteiger partial charge in [0.05, 0.1) is 4.90 Å². The van der Waals surface area contributed by atoms with Crippen molar-refractivity contribution in [3.8, 4) is 5.75 Å². The molecule has 2 aromatic rings. The second-order valence-corrected chi connectivity index (χ2v) is 9.39. The van der Waals surface area contributed by atoms with Crippen LogP contribution in [0.15, 0.2) is 53.4 Å². The molecule has 0 bridgehead atoms. The van der Waals surface area contributed by atoms with Gasteiger partial charge in [0.1, 0.15) is 5.75 Å². The van der Waals surface area contributed by atoms with E-state index >= 15 is 0 Å². The number of hydrogen-bond donors (Lipinski definition) is 2. The zero-order chi connectivity index (χ0) is 22.3. The Morgan fingerprint density at radius 3 is 2.29 bits per heavy atom. The third-order valence-electron chi connectivity index (χ3n) is 4.99. The number of hydrazine groups is 1. The molecular weight excluding hydrogens is 418 g/mol. The summed E-state index contributed by atoms with van der Waals surface area (Å²) in [4.78, 5) is 24.3. The van der Waals surface area contributed by atoms with Crippen molar-refractivity contribution in [3.63, 3.8) is 0 Å². The summed E-state index contributed by atoms with van der Waals surface area (Å²) in [6, 6.07) is 13.0. The predicted octanol–water partition coefficient (Wildman–Crippen LogP) is 2.40. The lowest BCUT2D eigenvalue weighted by Crippen LogP contribution is -2.43. The summed E-state index contributed by atoms with van der Waals surface area (Å²) in [5, 5.41) is 0. The Kier molecular flexibility index (Phi) is 7.64. The molecule has 1 aliphatic rings. The highest BCUT2D eigenvalue weighted by Crippen LogP contribution is 2.20. The van der Waals surface area contributed by atoms with E-state index < -0.39 is 21.8 Å². The molecule has 2 N–H and O–H groups in total. The maximum Gasteiger partial charge on any atom is 0.276 e. The minimum Gasteiger partial charge on any atom is -0.484 e. The third-order valence-corrected chi connectivity index (χ3v) is 6.91. The van der Waals surface area contributed by atoms with E-state index in [1.54, 1.807) is 12.1 Å². The van der Waals surface area contributed by atoms with Gasteiger partial charge in [-0.25, -0.2) is 8.42 Å². The largest absolute Gasteiger partial charge is 0.484 e. The summed E-state index contributed by atoms with van der Waals surface area (Å²) in [5.41, 5.74) is 5.82. The van der Waals surface area contributed by atoms with E-state index in [1.165, 1.54) is 28.6 Å². The van der Waals surface area contributed by atoms with Crippen molar-refractivity contribution in [3.05, 3.63) is 59.7 Å². The molecule has 0 aromatic heterocycles. The van der Waals surface area contributed by atoms with E-state index in [0.717, 1.165) is 31.2 Å². The Morgan fingerprint density at radius 2 is 1.65 bits per heavy atom. The number of hydrogen-bond acceptors (Lipinski definition) is 5. The van der Waals surface area contributed by atoms with Crippen molar-refractivity contribution in [2.45, 2.75) is 37.5 Å². The van der Waals surface area contributed by atoms with Gasteiger partial charge in [-0.2, -0.15) is 4.31 Å². The quantitative estimate of drug-likeness (QED) is 0.665. The zero-order valence-corrected chi connectivity index (χ0v) is 18.3. The van der Waals surface area contributed by atoms with Crippen molar-refractivity contribution in [2.24, 2.45) is 0 Å². The lowest BCUT2D eigenvalue weighted by Gasteiger charge is -2.20. The van der Waals surface area contributed by atoms with Crippen LogP contribution in [0, 0.1) is 6.92 Å². The van der Waals surface area contributed by atoms with Gasteiger partial charge in [0.25, 0.3) is 11.8 Å². The second-order valence-electron chi connectivity index (χ2n) is 7.45. The molecule has 31 heavy (non-hydrogen) atoms. The summed E-state index contributed by atoms with van der Waals surface area (Å²) in [5.74, 6) is -0.513. The molecule has 0 unspecified atom stereocenters. The molecule has 0 saturated carbocycles. The molecule has 8 nitrogen and oxygen atoms in total. The molecule has 2 amide bonds. The SMILES string of the molecule is Cc1cccc(OCC(=O)NNC(=O)c2ccc(S(=O)(=O)N3CCCCCC3)cc2)c1. The molecule has 0 spiro atoms. The summed E-state index contributed by atoms with van der Waals surface area (Å²) < 4.78 is 32.5. The number of nitrogens with one attached hydrogen (secondary N) is 2. The highest BCUT2D eigenvalue weighted by atomic mass is 32.2. The third kappa shape index (κ3) is 6.28. The van der Waals surface area contributed by atoms with Crippen LogP contribution >= 0.6 is 0 Å². The van der Waals surface area contributed by atoms with E-state index in [-0.39, 0.29) is 17.1 Å². The molecule has 1 fully saturated rings. The number of amides is 2. The molecule has 3 rings (SSSR count). The Balaban J connectivity index is 1.52. The van der Waals surface area contributed by atoms with E-state index in [2.05, 4.69) is 10.9 Å². The number of aryl methyl sites for hydroxylation is 1. The number of carbonyl (C=O) groups excluding carboxylic acids is 2. The number of sulfonamides is 1. The molecule has 1 saturated heterocycles. The first-order chi connectivity index (χ1) is 14.9. The van der Waals surface area contributed by atoms with Crippen LogP contribution in [0.1, 0.15) is 41.6 Å². The van der Waals surface area contributed by atoms with Crippen molar-refractivity contribution in [2.75, 3.05) is 19.7 Å². The molecule has 2 aromatic carbocycles. The maximum absolute atomic E-state index is 12.8. The number of benzene rings is 2. The average Bonchev–Trinajstić information content (AvgIpc) is 3.06. The summed E-state index contributed by atoms with van der Waals surface area (Å²) in [6.45, 7) is 2.69. The minimum atomic E-state index is -3.58. The fourth-order valence-electron chi connectivity index (χ4n) is 3.30. The Morgan fingerprint density at radius 1 is 0.968 bits per heavy atom. The van der Waals surface area contributed by atoms with Crippen LogP contribution in [0.5, 0.6) is 5.75 Å². The van der Waals surface area contributed by atoms with Gasteiger partial charge < -0.3 is 4.74 Å². The van der Waals surface area contributed by atoms with Gasteiger partial charge in [-0.05, 0) is 61.7 Å². The highest BCUT2D eigenvalue weighted by molar-refractivity contribution is 7.89. The van der Waals surface area contributed by atoms with E-state index in [0.29, 0.717) is 18.8 Å². The molecule has 1 heterocycles. The van der Waals surface area contributed by atoms with Crippen molar-refractivity contribution in [1.29, 1.82) is 0 Å². The number of ether oxygens (including phenoxy) is 1. The first kappa shape index (κ1) is 22.8. The molecule has 0 aliphatic carbocycles. The van der Waals surface area contributed by atoms with Crippen LogP contribution in [-0.2, 0) is 14.8 Å². The molecular formula is C22H27N3O5S. The van der Waals surface area contributed by atoms with E-state index in [9.17, 15) is 18.0 Å². The standard InChI is InChI=1S/C22H27N3O5S/c1-17-7-6-8-19(15-17)30-16-21(26)23-24-22(27)18-9-11-20(12-10-18)31(28,29)25-13-4-2-3-5-14-25/h6-12,15H,2-5,13-14,16H2,1H3,(H,23,26)(H,24,27). The van der Waals surface area contributed by atoms with Crippen molar-refractivity contribution < 1.29 is 22.7 Å². The minimum absolute atomic E-state index is 0.154. The maximum atomic E-state index is 12.8. The Labute approximate surface area is 182 Å². The lowest BCUT2D eigenvalue weighted by atomic mass is 10.2. The van der Waals surface area contributed by atoms with E-state index in [4.69, 9.17) is 4.74 Å². The fourth-order valence-corrected chi connectivity index (χ4v) is 4.82. The number of rotatable bonds is 6. The fraction of sp³-hybridized carbons (Fsp3) is 0.364. The van der Waals surface area contributed by atoms with Crippen LogP contribution in [0.3, 0.4) is 0 Å². The normalized spacial score (nSPS) is 15.0. The van der Waals surface area contributed by atoms with Crippen LogP contribution < -0.4 is 15.6 Å². The summed E-state index contributed by atoms with van der Waals surface area (Å²) >= 11 is 0. The smallest absolute Gasteiger partial charge is 0.276 e. The second kappa shape index (κ2) is 10.4. The first-order valence-corrected chi connectivity index (χ1v) is 11.7. The van der Waals surface area contributed by atoms with Gasteiger partial charge in [-0.1, -0.05) is 25.0 Å². The van der Waals surface area contributed by atoms with Gasteiger partial charge in [-0.15, -0.1) is 0 Å². The van der Waals surface area contributed by atoms with Crippen molar-refractivity contribution in [1.82, 2.24) is 15.2 Å². The lowest BCUT2D eigenvalue weighted by molar-refractivity contribution is -0.123. The Bertz CT molecular complexity index is 1010. The number of carbonyl (C=O) groups is 2. The van der Waals surface area contributed by atoms with Gasteiger partial charge in [0, 0.05) is 18.7 Å². The molecule has 0 atom stereocenters. The van der Waals surface area contributed by atoms with E-state index in [1.807, 2.05) is 19.1 Å². The monoisotopic (exact) mass is 445 g/mol. The van der Waals surface area contributed by atoms with Crippen molar-refractivity contribution >= 4 is 21.8 Å². The first-order valence-electron chi connectivity index (χ1n) is 10.2. The van der Waals surface area contributed by atoms with Crippen LogP contribution in [-0.4, -0.2) is 44.2 Å². The molecule has 1 aliphatic heterocycles. The van der Waals surface area contributed by atoms with Gasteiger partial charge >= 0.3 is 0 Å². The van der Waals surface area contributed by atoms with Gasteiger partial charge in [0.15, 0.2) is 6.61 Å². The predicted molar refractivity (Wildman–Crippen MR) is 116 cm³/mol. The topological polar surface area (TPSA) is 105 Å².